The Hall–Kier alpha value is -3.61. The second-order valence-corrected chi connectivity index (χ2v) is 6.80. The van der Waals surface area contributed by atoms with E-state index in [4.69, 9.17) is 14.2 Å². The molecule has 3 rings (SSSR count). The van der Waals surface area contributed by atoms with Gasteiger partial charge in [-0.25, -0.2) is 4.79 Å². The van der Waals surface area contributed by atoms with Crippen molar-refractivity contribution in [3.8, 4) is 11.5 Å². The van der Waals surface area contributed by atoms with E-state index in [9.17, 15) is 14.4 Å². The van der Waals surface area contributed by atoms with Gasteiger partial charge in [0.25, 0.3) is 5.91 Å². The number of hydrogen-bond acceptors (Lipinski definition) is 6. The average Bonchev–Trinajstić information content (AvgIpc) is 2.97. The number of rotatable bonds is 6. The van der Waals surface area contributed by atoms with Crippen molar-refractivity contribution in [2.45, 2.75) is 26.4 Å². The number of Topliss-reactive ketones (excluding diaryl/α,β-unsaturated/α-hetero) is 1. The first-order chi connectivity index (χ1) is 14.4. The molecule has 156 valence electrons. The molecule has 0 saturated carbocycles. The molecule has 7 heteroatoms. The number of esters is 1. The van der Waals surface area contributed by atoms with Gasteiger partial charge in [-0.2, -0.15) is 0 Å². The first-order valence-corrected chi connectivity index (χ1v) is 9.62. The normalized spacial score (nSPS) is 13.9. The second-order valence-electron chi connectivity index (χ2n) is 6.80. The zero-order valence-corrected chi connectivity index (χ0v) is 16.8. The molecule has 0 radical (unpaired) electrons. The van der Waals surface area contributed by atoms with Crippen LogP contribution in [0.15, 0.2) is 48.5 Å². The van der Waals surface area contributed by atoms with Crippen molar-refractivity contribution in [1.29, 1.82) is 0 Å². The maximum Gasteiger partial charge on any atom is 0.331 e. The smallest absolute Gasteiger partial charge is 0.331 e. The summed E-state index contributed by atoms with van der Waals surface area (Å²) >= 11 is 0. The van der Waals surface area contributed by atoms with Crippen molar-refractivity contribution in [3.05, 3.63) is 59.7 Å². The van der Waals surface area contributed by atoms with E-state index in [-0.39, 0.29) is 5.78 Å². The zero-order chi connectivity index (χ0) is 21.5. The number of benzene rings is 2. The lowest BCUT2D eigenvalue weighted by Gasteiger charge is -2.13. The monoisotopic (exact) mass is 409 g/mol. The molecule has 7 nitrogen and oxygen atoms in total. The number of amides is 1. The topological polar surface area (TPSA) is 90.9 Å². The minimum atomic E-state index is -1.01. The van der Waals surface area contributed by atoms with Gasteiger partial charge in [-0.3, -0.25) is 9.59 Å². The highest BCUT2D eigenvalue weighted by Crippen LogP contribution is 2.30. The lowest BCUT2D eigenvalue weighted by atomic mass is 10.1. The van der Waals surface area contributed by atoms with Crippen molar-refractivity contribution in [2.75, 3.05) is 18.5 Å². The third-order valence-electron chi connectivity index (χ3n) is 4.38. The van der Waals surface area contributed by atoms with Crippen LogP contribution in [0, 0.1) is 0 Å². The highest BCUT2D eigenvalue weighted by atomic mass is 16.5. The number of hydrogen-bond donors (Lipinski definition) is 1. The Bertz CT molecular complexity index is 981. The van der Waals surface area contributed by atoms with Gasteiger partial charge in [-0.15, -0.1) is 0 Å². The lowest BCUT2D eigenvalue weighted by Crippen LogP contribution is -2.29. The molecule has 0 bridgehead atoms. The molecule has 2 aromatic rings. The van der Waals surface area contributed by atoms with Gasteiger partial charge in [0.15, 0.2) is 23.4 Å². The fourth-order valence-corrected chi connectivity index (χ4v) is 2.77. The summed E-state index contributed by atoms with van der Waals surface area (Å²) in [6, 6.07) is 11.9. The lowest BCUT2D eigenvalue weighted by molar-refractivity contribution is -0.148. The molecule has 0 saturated heterocycles. The largest absolute Gasteiger partial charge is 0.490 e. The number of fused-ring (bicyclic) bond motifs is 1. The van der Waals surface area contributed by atoms with Crippen molar-refractivity contribution in [3.63, 3.8) is 0 Å². The summed E-state index contributed by atoms with van der Waals surface area (Å²) in [4.78, 5) is 35.8. The van der Waals surface area contributed by atoms with E-state index in [1.54, 1.807) is 48.5 Å². The standard InChI is InChI=1S/C23H23NO6/c1-15(25)18-5-3-6-19(14-18)24-23(27)16(2)30-22(26)10-8-17-7-9-20-21(13-17)29-12-4-11-28-20/h3,5-10,13-14,16H,4,11-12H2,1-2H3,(H,24,27)/b10-8+/t16-/m0/s1. The van der Waals surface area contributed by atoms with E-state index < -0.39 is 18.0 Å². The average molecular weight is 409 g/mol. The van der Waals surface area contributed by atoms with Crippen LogP contribution in [0.5, 0.6) is 11.5 Å². The van der Waals surface area contributed by atoms with Crippen LogP contribution in [-0.2, 0) is 14.3 Å². The molecule has 1 atom stereocenters. The first-order valence-electron chi connectivity index (χ1n) is 9.62. The molecule has 0 aliphatic carbocycles. The zero-order valence-electron chi connectivity index (χ0n) is 16.8. The minimum Gasteiger partial charge on any atom is -0.490 e. The Morgan fingerprint density at radius 3 is 2.60 bits per heavy atom. The van der Waals surface area contributed by atoms with Crippen molar-refractivity contribution in [2.24, 2.45) is 0 Å². The summed E-state index contributed by atoms with van der Waals surface area (Å²) < 4.78 is 16.4. The fourth-order valence-electron chi connectivity index (χ4n) is 2.77. The number of carbonyl (C=O) groups is 3. The van der Waals surface area contributed by atoms with Gasteiger partial charge in [-0.1, -0.05) is 18.2 Å². The summed E-state index contributed by atoms with van der Waals surface area (Å²) in [5, 5.41) is 2.63. The number of carbonyl (C=O) groups excluding carboxylic acids is 3. The highest BCUT2D eigenvalue weighted by molar-refractivity contribution is 5.99. The van der Waals surface area contributed by atoms with E-state index in [0.717, 1.165) is 12.0 Å². The molecule has 2 aromatic carbocycles. The van der Waals surface area contributed by atoms with E-state index in [1.165, 1.54) is 19.9 Å². The Balaban J connectivity index is 1.56. The maximum atomic E-state index is 12.3. The summed E-state index contributed by atoms with van der Waals surface area (Å²) in [6.07, 6.45) is 2.63. The molecule has 0 aromatic heterocycles. The predicted octanol–water partition coefficient (Wildman–Crippen LogP) is 3.63. The molecule has 0 unspecified atom stereocenters. The maximum absolute atomic E-state index is 12.3. The van der Waals surface area contributed by atoms with Gasteiger partial charge >= 0.3 is 5.97 Å². The summed E-state index contributed by atoms with van der Waals surface area (Å²) in [5.74, 6) is 0.0515. The van der Waals surface area contributed by atoms with Gasteiger partial charge in [0.1, 0.15) is 0 Å². The number of anilines is 1. The molecule has 0 fully saturated rings. The summed E-state index contributed by atoms with van der Waals surface area (Å²) in [7, 11) is 0. The number of ether oxygens (including phenoxy) is 3. The summed E-state index contributed by atoms with van der Waals surface area (Å²) in [5.41, 5.74) is 1.68. The Kier molecular flexibility index (Phi) is 6.85. The van der Waals surface area contributed by atoms with Crippen LogP contribution < -0.4 is 14.8 Å². The van der Waals surface area contributed by atoms with E-state index in [2.05, 4.69) is 5.32 Å². The van der Waals surface area contributed by atoms with Crippen LogP contribution in [0.3, 0.4) is 0 Å². The van der Waals surface area contributed by atoms with E-state index in [1.807, 2.05) is 0 Å². The molecule has 1 aliphatic rings. The third-order valence-corrected chi connectivity index (χ3v) is 4.38. The second kappa shape index (κ2) is 9.73. The van der Waals surface area contributed by atoms with Gasteiger partial charge < -0.3 is 19.5 Å². The predicted molar refractivity (Wildman–Crippen MR) is 112 cm³/mol. The molecule has 1 N–H and O–H groups in total. The quantitative estimate of drug-likeness (QED) is 0.445. The van der Waals surface area contributed by atoms with E-state index >= 15 is 0 Å². The SMILES string of the molecule is CC(=O)c1cccc(NC(=O)[C@H](C)OC(=O)/C=C/c2ccc3c(c2)OCCCO3)c1. The fraction of sp³-hybridized carbons (Fsp3) is 0.261. The molecule has 1 aliphatic heterocycles. The van der Waals surface area contributed by atoms with Gasteiger partial charge in [0.05, 0.1) is 13.2 Å². The summed E-state index contributed by atoms with van der Waals surface area (Å²) in [6.45, 7) is 4.10. The van der Waals surface area contributed by atoms with Crippen LogP contribution in [0.4, 0.5) is 5.69 Å². The van der Waals surface area contributed by atoms with Crippen molar-refractivity contribution in [1.82, 2.24) is 0 Å². The molecule has 30 heavy (non-hydrogen) atoms. The molecular formula is C23H23NO6. The van der Waals surface area contributed by atoms with Gasteiger partial charge in [0.2, 0.25) is 0 Å². The molecule has 0 spiro atoms. The van der Waals surface area contributed by atoms with Gasteiger partial charge in [-0.05, 0) is 49.8 Å². The van der Waals surface area contributed by atoms with Crippen LogP contribution in [0.25, 0.3) is 6.08 Å². The minimum absolute atomic E-state index is 0.106. The molecule has 1 heterocycles. The third kappa shape index (κ3) is 5.70. The highest BCUT2D eigenvalue weighted by Gasteiger charge is 2.17. The van der Waals surface area contributed by atoms with E-state index in [0.29, 0.717) is 36.0 Å². The van der Waals surface area contributed by atoms with Crippen molar-refractivity contribution >= 4 is 29.4 Å². The van der Waals surface area contributed by atoms with Crippen LogP contribution in [0.1, 0.15) is 36.2 Å². The van der Waals surface area contributed by atoms with Crippen LogP contribution in [-0.4, -0.2) is 37.0 Å². The van der Waals surface area contributed by atoms with Crippen LogP contribution >= 0.6 is 0 Å². The number of ketones is 1. The molecule has 1 amide bonds. The van der Waals surface area contributed by atoms with Crippen molar-refractivity contribution < 1.29 is 28.6 Å². The number of nitrogens with one attached hydrogen (secondary N) is 1. The van der Waals surface area contributed by atoms with Gasteiger partial charge in [0, 0.05) is 23.7 Å². The Morgan fingerprint density at radius 2 is 1.83 bits per heavy atom. The Labute approximate surface area is 174 Å². The Morgan fingerprint density at radius 1 is 1.07 bits per heavy atom. The van der Waals surface area contributed by atoms with Crippen LogP contribution in [0.2, 0.25) is 0 Å². The molecular weight excluding hydrogens is 386 g/mol. The first kappa shape index (κ1) is 21.1.